The van der Waals surface area contributed by atoms with Gasteiger partial charge in [0.05, 0.1) is 29.7 Å². The van der Waals surface area contributed by atoms with Crippen molar-refractivity contribution < 1.29 is 49.4 Å². The van der Waals surface area contributed by atoms with Crippen LogP contribution in [0.2, 0.25) is 0 Å². The summed E-state index contributed by atoms with van der Waals surface area (Å²) in [6, 6.07) is 10.9. The van der Waals surface area contributed by atoms with Crippen LogP contribution in [0.5, 0.6) is 0 Å². The second kappa shape index (κ2) is 11.8. The third-order valence-electron chi connectivity index (χ3n) is 7.36. The highest BCUT2D eigenvalue weighted by Gasteiger charge is 2.41. The van der Waals surface area contributed by atoms with Crippen LogP contribution in [0.4, 0.5) is 39.5 Å². The Hall–Kier alpha value is -4.47. The molecule has 1 aliphatic heterocycles. The van der Waals surface area contributed by atoms with Gasteiger partial charge in [-0.05, 0) is 55.6 Å². The Morgan fingerprint density at radius 1 is 0.889 bits per heavy atom. The Labute approximate surface area is 248 Å². The van der Waals surface area contributed by atoms with Gasteiger partial charge >= 0.3 is 24.5 Å². The first kappa shape index (κ1) is 31.9. The van der Waals surface area contributed by atoms with Gasteiger partial charge in [-0.25, -0.2) is 14.5 Å². The second-order valence-corrected chi connectivity index (χ2v) is 10.4. The molecule has 1 aliphatic rings. The van der Waals surface area contributed by atoms with E-state index < -0.39 is 53.7 Å². The number of carboxylic acid groups (broad SMARTS) is 1. The first-order valence-corrected chi connectivity index (χ1v) is 13.3. The monoisotopic (exact) mass is 643 g/mol. The van der Waals surface area contributed by atoms with Gasteiger partial charge < -0.3 is 5.11 Å². The van der Waals surface area contributed by atoms with Crippen LogP contribution in [-0.4, -0.2) is 61.5 Å². The van der Waals surface area contributed by atoms with E-state index in [2.05, 4.69) is 15.1 Å². The quantitative estimate of drug-likeness (QED) is 0.220. The van der Waals surface area contributed by atoms with Crippen molar-refractivity contribution in [2.75, 3.05) is 19.6 Å². The van der Waals surface area contributed by atoms with Crippen LogP contribution in [0.3, 0.4) is 0 Å². The summed E-state index contributed by atoms with van der Waals surface area (Å²) in [5, 5.41) is 12.7. The lowest BCUT2D eigenvalue weighted by Gasteiger charge is -2.32. The van der Waals surface area contributed by atoms with Crippen LogP contribution in [0, 0.1) is 0 Å². The number of pyridine rings is 2. The van der Waals surface area contributed by atoms with Gasteiger partial charge in [-0.3, -0.25) is 9.88 Å². The van der Waals surface area contributed by atoms with Crippen LogP contribution in [-0.2, 0) is 12.4 Å². The molecular formula is C29H22F9N5O2. The Morgan fingerprint density at radius 2 is 1.56 bits per heavy atom. The minimum Gasteiger partial charge on any atom is -0.478 e. The first-order chi connectivity index (χ1) is 21.0. The van der Waals surface area contributed by atoms with E-state index in [-0.39, 0.29) is 40.6 Å². The van der Waals surface area contributed by atoms with Gasteiger partial charge in [-0.15, -0.1) is 0 Å². The summed E-state index contributed by atoms with van der Waals surface area (Å²) in [5.41, 5.74) is -3.05. The molecule has 0 unspecified atom stereocenters. The van der Waals surface area contributed by atoms with Crippen molar-refractivity contribution in [2.24, 2.45) is 0 Å². The molecule has 4 heterocycles. The molecule has 0 atom stereocenters. The topological polar surface area (TPSA) is 84.1 Å². The van der Waals surface area contributed by atoms with Gasteiger partial charge in [-0.1, -0.05) is 30.3 Å². The largest absolute Gasteiger partial charge is 0.478 e. The van der Waals surface area contributed by atoms with E-state index in [1.165, 1.54) is 17.0 Å². The van der Waals surface area contributed by atoms with E-state index in [1.54, 1.807) is 24.3 Å². The Bertz CT molecular complexity index is 1690. The number of hydrogen-bond donors (Lipinski definition) is 1. The van der Waals surface area contributed by atoms with Gasteiger partial charge in [0.15, 0.2) is 11.5 Å². The number of hydrogen-bond acceptors (Lipinski definition) is 5. The van der Waals surface area contributed by atoms with Gasteiger partial charge in [0.1, 0.15) is 5.56 Å². The summed E-state index contributed by atoms with van der Waals surface area (Å²) >= 11 is 0. The van der Waals surface area contributed by atoms with E-state index in [1.807, 2.05) is 0 Å². The second-order valence-electron chi connectivity index (χ2n) is 10.4. The summed E-state index contributed by atoms with van der Waals surface area (Å²) in [6.07, 6.45) is -12.2. The van der Waals surface area contributed by atoms with Crippen LogP contribution in [0.1, 0.15) is 45.9 Å². The normalized spacial score (nSPS) is 15.4. The molecule has 0 radical (unpaired) electrons. The lowest BCUT2D eigenvalue weighted by molar-refractivity contribution is -0.148. The molecule has 1 N–H and O–H groups in total. The number of nitrogens with zero attached hydrogens (tertiary/aromatic N) is 5. The average molecular weight is 644 g/mol. The number of piperidine rings is 1. The van der Waals surface area contributed by atoms with Crippen molar-refractivity contribution in [1.29, 1.82) is 0 Å². The number of alkyl halides is 9. The number of aromatic nitrogens is 4. The van der Waals surface area contributed by atoms with E-state index in [4.69, 9.17) is 0 Å². The predicted molar refractivity (Wildman–Crippen MR) is 141 cm³/mol. The molecule has 1 saturated heterocycles. The zero-order chi connectivity index (χ0) is 32.7. The smallest absolute Gasteiger partial charge is 0.434 e. The van der Waals surface area contributed by atoms with Gasteiger partial charge in [0, 0.05) is 17.3 Å². The van der Waals surface area contributed by atoms with Crippen molar-refractivity contribution >= 4 is 5.97 Å². The Balaban J connectivity index is 1.51. The standard InChI is InChI=1S/C29H22F9N5O2/c30-27(31,32)15-42-10-8-17(9-11-42)16-4-6-18(7-5-16)24-20(12-19(13-39-24)28(33,34)35)22-2-1-3-23(41-22)43-25(29(36,37)38)21(14-40-43)26(44)45/h1-7,12-14,17H,8-11,15H2,(H,44,45). The molecule has 238 valence electrons. The molecule has 16 heteroatoms. The fraction of sp³-hybridized carbons (Fsp3) is 0.310. The molecule has 4 aromatic rings. The number of benzene rings is 1. The Morgan fingerprint density at radius 3 is 2.13 bits per heavy atom. The summed E-state index contributed by atoms with van der Waals surface area (Å²) in [4.78, 5) is 20.8. The maximum Gasteiger partial charge on any atom is 0.434 e. The molecule has 5 rings (SSSR count). The van der Waals surface area contributed by atoms with E-state index in [9.17, 15) is 49.4 Å². The van der Waals surface area contributed by atoms with Crippen molar-refractivity contribution in [2.45, 2.75) is 37.3 Å². The summed E-state index contributed by atoms with van der Waals surface area (Å²) in [7, 11) is 0. The number of likely N-dealkylation sites (tertiary alicyclic amines) is 1. The molecule has 45 heavy (non-hydrogen) atoms. The van der Waals surface area contributed by atoms with E-state index in [0.29, 0.717) is 30.8 Å². The summed E-state index contributed by atoms with van der Waals surface area (Å²) in [6.45, 7) is -0.494. The average Bonchev–Trinajstić information content (AvgIpc) is 3.43. The first-order valence-electron chi connectivity index (χ1n) is 13.3. The molecule has 1 aromatic carbocycles. The maximum atomic E-state index is 13.8. The number of carboxylic acids is 1. The summed E-state index contributed by atoms with van der Waals surface area (Å²) in [5.74, 6) is -2.41. The molecule has 0 aliphatic carbocycles. The highest BCUT2D eigenvalue weighted by atomic mass is 19.4. The minimum absolute atomic E-state index is 0.0296. The highest BCUT2D eigenvalue weighted by Crippen LogP contribution is 2.38. The zero-order valence-electron chi connectivity index (χ0n) is 22.9. The number of halogens is 9. The maximum absolute atomic E-state index is 13.8. The molecule has 3 aromatic heterocycles. The van der Waals surface area contributed by atoms with Crippen LogP contribution in [0.25, 0.3) is 28.3 Å². The van der Waals surface area contributed by atoms with E-state index >= 15 is 0 Å². The Kier molecular flexibility index (Phi) is 8.37. The summed E-state index contributed by atoms with van der Waals surface area (Å²) < 4.78 is 121. The number of carbonyl (C=O) groups is 1. The van der Waals surface area contributed by atoms with Crippen LogP contribution >= 0.6 is 0 Å². The van der Waals surface area contributed by atoms with Crippen molar-refractivity contribution in [3.05, 3.63) is 83.3 Å². The van der Waals surface area contributed by atoms with Crippen molar-refractivity contribution in [1.82, 2.24) is 24.6 Å². The minimum atomic E-state index is -5.15. The molecule has 0 spiro atoms. The van der Waals surface area contributed by atoms with Gasteiger partial charge in [-0.2, -0.15) is 44.6 Å². The SMILES string of the molecule is O=C(O)c1cnn(-c2cccc(-c3cc(C(F)(F)F)cnc3-c3ccc(C4CCN(CC(F)(F)F)CC4)cc3)n2)c1C(F)(F)F. The van der Waals surface area contributed by atoms with Crippen molar-refractivity contribution in [3.63, 3.8) is 0 Å². The molecular weight excluding hydrogens is 621 g/mol. The number of aromatic carboxylic acids is 1. The third-order valence-corrected chi connectivity index (χ3v) is 7.36. The predicted octanol–water partition coefficient (Wildman–Crippen LogP) is 7.47. The van der Waals surface area contributed by atoms with Gasteiger partial charge in [0.2, 0.25) is 0 Å². The molecule has 0 bridgehead atoms. The fourth-order valence-electron chi connectivity index (χ4n) is 5.28. The third kappa shape index (κ3) is 7.10. The van der Waals surface area contributed by atoms with E-state index in [0.717, 1.165) is 17.7 Å². The number of rotatable bonds is 6. The lowest BCUT2D eigenvalue weighted by Crippen LogP contribution is -2.39. The van der Waals surface area contributed by atoms with Crippen LogP contribution in [0.15, 0.2) is 60.9 Å². The fourth-order valence-corrected chi connectivity index (χ4v) is 5.28. The van der Waals surface area contributed by atoms with Crippen LogP contribution < -0.4 is 0 Å². The molecule has 7 nitrogen and oxygen atoms in total. The van der Waals surface area contributed by atoms with Crippen molar-refractivity contribution in [3.8, 4) is 28.3 Å². The molecule has 1 fully saturated rings. The zero-order valence-corrected chi connectivity index (χ0v) is 22.9. The lowest BCUT2D eigenvalue weighted by atomic mass is 9.88. The molecule has 0 amide bonds. The highest BCUT2D eigenvalue weighted by molar-refractivity contribution is 5.89. The molecule has 0 saturated carbocycles. The van der Waals surface area contributed by atoms with Gasteiger partial charge in [0.25, 0.3) is 0 Å².